The van der Waals surface area contributed by atoms with Crippen molar-refractivity contribution < 1.29 is 0 Å². The number of nitrogens with one attached hydrogen (secondary N) is 1. The largest absolute Gasteiger partial charge is 0.309 e. The van der Waals surface area contributed by atoms with Crippen LogP contribution in [-0.4, -0.2) is 36.6 Å². The van der Waals surface area contributed by atoms with Crippen LogP contribution in [0.1, 0.15) is 41.4 Å². The fraction of sp³-hybridized carbons (Fsp3) is 0.786. The molecule has 1 aliphatic heterocycles. The Balaban J connectivity index is 1.81. The number of piperidine rings is 1. The molecule has 0 radical (unpaired) electrons. The number of likely N-dealkylation sites (tertiary alicyclic amines) is 1. The second-order valence-corrected chi connectivity index (χ2v) is 6.79. The maximum absolute atomic E-state index is 4.51. The zero-order valence-electron chi connectivity index (χ0n) is 12.0. The van der Waals surface area contributed by atoms with Crippen LogP contribution in [-0.2, 0) is 0 Å². The summed E-state index contributed by atoms with van der Waals surface area (Å²) in [5.41, 5.74) is 1.20. The molecule has 102 valence electrons. The van der Waals surface area contributed by atoms with Crippen LogP contribution in [0.5, 0.6) is 0 Å². The smallest absolute Gasteiger partial charge is 0.0900 e. The first-order valence-corrected chi connectivity index (χ1v) is 7.73. The lowest BCUT2D eigenvalue weighted by Gasteiger charge is -2.29. The van der Waals surface area contributed by atoms with E-state index in [-0.39, 0.29) is 0 Å². The van der Waals surface area contributed by atoms with Gasteiger partial charge in [0.25, 0.3) is 0 Å². The molecule has 1 saturated heterocycles. The summed E-state index contributed by atoms with van der Waals surface area (Å²) in [6.45, 7) is 10.1. The lowest BCUT2D eigenvalue weighted by molar-refractivity contribution is 0.213. The molecule has 18 heavy (non-hydrogen) atoms. The summed E-state index contributed by atoms with van der Waals surface area (Å²) < 4.78 is 0. The van der Waals surface area contributed by atoms with Crippen molar-refractivity contribution in [3.63, 3.8) is 0 Å². The van der Waals surface area contributed by atoms with Gasteiger partial charge >= 0.3 is 0 Å². The minimum absolute atomic E-state index is 0.441. The van der Waals surface area contributed by atoms with Crippen molar-refractivity contribution in [1.82, 2.24) is 15.2 Å². The lowest BCUT2D eigenvalue weighted by Crippen LogP contribution is -2.35. The zero-order valence-corrected chi connectivity index (χ0v) is 12.8. The van der Waals surface area contributed by atoms with Crippen LogP contribution in [0.15, 0.2) is 0 Å². The highest BCUT2D eigenvalue weighted by Crippen LogP contribution is 2.25. The first-order chi connectivity index (χ1) is 8.56. The minimum atomic E-state index is 0.441. The normalized spacial score (nSPS) is 20.2. The lowest BCUT2D eigenvalue weighted by atomic mass is 9.97. The molecule has 0 aliphatic carbocycles. The third kappa shape index (κ3) is 3.53. The predicted octanol–water partition coefficient (Wildman–Crippen LogP) is 2.75. The summed E-state index contributed by atoms with van der Waals surface area (Å²) in [6.07, 6.45) is 2.66. The highest BCUT2D eigenvalue weighted by Gasteiger charge is 2.18. The molecule has 1 atom stereocenters. The van der Waals surface area contributed by atoms with E-state index in [0.717, 1.165) is 12.5 Å². The molecule has 3 nitrogen and oxygen atoms in total. The maximum Gasteiger partial charge on any atom is 0.0900 e. The van der Waals surface area contributed by atoms with Crippen molar-refractivity contribution in [2.45, 2.75) is 39.7 Å². The molecule has 1 aromatic rings. The average molecular weight is 267 g/mol. The third-order valence-corrected chi connectivity index (χ3v) is 5.14. The van der Waals surface area contributed by atoms with E-state index in [4.69, 9.17) is 0 Å². The molecule has 0 bridgehead atoms. The van der Waals surface area contributed by atoms with Crippen molar-refractivity contribution in [2.75, 3.05) is 26.7 Å². The van der Waals surface area contributed by atoms with Crippen LogP contribution in [0.3, 0.4) is 0 Å². The molecule has 2 heterocycles. The Labute approximate surface area is 115 Å². The molecular weight excluding hydrogens is 242 g/mol. The van der Waals surface area contributed by atoms with Gasteiger partial charge in [-0.15, -0.1) is 11.3 Å². The van der Waals surface area contributed by atoms with Crippen LogP contribution >= 0.6 is 11.3 Å². The number of hydrogen-bond acceptors (Lipinski definition) is 4. The summed E-state index contributed by atoms with van der Waals surface area (Å²) in [6, 6.07) is 0.441. The molecule has 4 heteroatoms. The van der Waals surface area contributed by atoms with Crippen LogP contribution in [0, 0.1) is 19.8 Å². The Kier molecular flexibility index (Phi) is 4.76. The molecular formula is C14H25N3S. The molecule has 0 amide bonds. The van der Waals surface area contributed by atoms with Crippen molar-refractivity contribution in [1.29, 1.82) is 0 Å². The van der Waals surface area contributed by atoms with Crippen molar-refractivity contribution in [3.8, 4) is 0 Å². The summed E-state index contributed by atoms with van der Waals surface area (Å²) in [5.74, 6) is 0.845. The number of hydrogen-bond donors (Lipinski definition) is 1. The van der Waals surface area contributed by atoms with Gasteiger partial charge in [0.05, 0.1) is 10.7 Å². The third-order valence-electron chi connectivity index (χ3n) is 3.88. The molecule has 1 aromatic heterocycles. The second-order valence-electron chi connectivity index (χ2n) is 5.56. The van der Waals surface area contributed by atoms with Gasteiger partial charge in [0.15, 0.2) is 0 Å². The second kappa shape index (κ2) is 6.13. The first-order valence-electron chi connectivity index (χ1n) is 6.92. The monoisotopic (exact) mass is 267 g/mol. The number of nitrogens with zero attached hydrogens (tertiary/aromatic N) is 2. The SMILES string of the molecule is Cc1nc(C)c(C(C)NCC2CCN(C)CC2)s1. The Morgan fingerprint density at radius 3 is 2.61 bits per heavy atom. The molecule has 0 spiro atoms. The van der Waals surface area contributed by atoms with Gasteiger partial charge in [-0.2, -0.15) is 0 Å². The predicted molar refractivity (Wildman–Crippen MR) is 78.2 cm³/mol. The van der Waals surface area contributed by atoms with Crippen LogP contribution in [0.4, 0.5) is 0 Å². The first kappa shape index (κ1) is 14.0. The van der Waals surface area contributed by atoms with E-state index in [1.807, 2.05) is 11.3 Å². The molecule has 1 aliphatic rings. The van der Waals surface area contributed by atoms with Gasteiger partial charge in [0.2, 0.25) is 0 Å². The molecule has 0 aromatic carbocycles. The average Bonchev–Trinajstić information content (AvgIpc) is 2.67. The summed E-state index contributed by atoms with van der Waals surface area (Å²) in [4.78, 5) is 8.34. The number of rotatable bonds is 4. The number of aromatic nitrogens is 1. The summed E-state index contributed by atoms with van der Waals surface area (Å²) in [5, 5.41) is 4.87. The Morgan fingerprint density at radius 2 is 2.06 bits per heavy atom. The Bertz CT molecular complexity index is 380. The standard InChI is InChI=1S/C14H25N3S/c1-10(14-11(2)16-12(3)18-14)15-9-13-5-7-17(4)8-6-13/h10,13,15H,5-9H2,1-4H3. The van der Waals surface area contributed by atoms with Crippen molar-refractivity contribution >= 4 is 11.3 Å². The van der Waals surface area contributed by atoms with E-state index in [1.54, 1.807) is 0 Å². The Morgan fingerprint density at radius 1 is 1.39 bits per heavy atom. The fourth-order valence-corrected chi connectivity index (χ4v) is 3.61. The summed E-state index contributed by atoms with van der Waals surface area (Å²) >= 11 is 1.83. The van der Waals surface area contributed by atoms with E-state index < -0.39 is 0 Å². The summed E-state index contributed by atoms with van der Waals surface area (Å²) in [7, 11) is 2.22. The highest BCUT2D eigenvalue weighted by molar-refractivity contribution is 7.11. The molecule has 1 fully saturated rings. The van der Waals surface area contributed by atoms with Gasteiger partial charge in [-0.1, -0.05) is 0 Å². The van der Waals surface area contributed by atoms with Gasteiger partial charge in [0.1, 0.15) is 0 Å². The Hall–Kier alpha value is -0.450. The van der Waals surface area contributed by atoms with Gasteiger partial charge in [0, 0.05) is 10.9 Å². The van der Waals surface area contributed by atoms with E-state index in [9.17, 15) is 0 Å². The highest BCUT2D eigenvalue weighted by atomic mass is 32.1. The van der Waals surface area contributed by atoms with Gasteiger partial charge < -0.3 is 10.2 Å². The molecule has 0 saturated carbocycles. The van der Waals surface area contributed by atoms with E-state index in [0.29, 0.717) is 6.04 Å². The van der Waals surface area contributed by atoms with Crippen LogP contribution in [0.25, 0.3) is 0 Å². The molecule has 1 unspecified atom stereocenters. The minimum Gasteiger partial charge on any atom is -0.309 e. The van der Waals surface area contributed by atoms with Gasteiger partial charge in [-0.05, 0) is 66.2 Å². The number of thiazole rings is 1. The quantitative estimate of drug-likeness (QED) is 0.909. The zero-order chi connectivity index (χ0) is 13.1. The molecule has 1 N–H and O–H groups in total. The number of aryl methyl sites for hydroxylation is 2. The maximum atomic E-state index is 4.51. The van der Waals surface area contributed by atoms with Crippen LogP contribution < -0.4 is 5.32 Å². The van der Waals surface area contributed by atoms with Crippen LogP contribution in [0.2, 0.25) is 0 Å². The van der Waals surface area contributed by atoms with E-state index in [2.05, 4.69) is 43.0 Å². The van der Waals surface area contributed by atoms with E-state index >= 15 is 0 Å². The van der Waals surface area contributed by atoms with Gasteiger partial charge in [-0.25, -0.2) is 4.98 Å². The van der Waals surface area contributed by atoms with Crippen molar-refractivity contribution in [3.05, 3.63) is 15.6 Å². The molecule has 2 rings (SSSR count). The fourth-order valence-electron chi connectivity index (χ4n) is 2.65. The van der Waals surface area contributed by atoms with E-state index in [1.165, 1.54) is 41.5 Å². The van der Waals surface area contributed by atoms with Gasteiger partial charge in [-0.3, -0.25) is 0 Å². The van der Waals surface area contributed by atoms with Crippen molar-refractivity contribution in [2.24, 2.45) is 5.92 Å². The topological polar surface area (TPSA) is 28.2 Å².